The quantitative estimate of drug-likeness (QED) is 0.303. The first-order valence-electron chi connectivity index (χ1n) is 12.5. The van der Waals surface area contributed by atoms with E-state index in [4.69, 9.17) is 18.6 Å². The topological polar surface area (TPSA) is 81.5 Å². The molecule has 1 aliphatic heterocycles. The number of carbonyl (C=O) groups is 2. The van der Waals surface area contributed by atoms with E-state index in [1.54, 1.807) is 18.1 Å². The van der Waals surface area contributed by atoms with Crippen LogP contribution in [0.4, 0.5) is 0 Å². The minimum atomic E-state index is -0.224. The molecular weight excluding hydrogens is 484 g/mol. The van der Waals surface area contributed by atoms with E-state index in [-0.39, 0.29) is 38.2 Å². The molecule has 196 valence electrons. The van der Waals surface area contributed by atoms with E-state index in [0.29, 0.717) is 36.0 Å². The van der Waals surface area contributed by atoms with Crippen LogP contribution in [0.5, 0.6) is 11.5 Å². The second-order valence-electron chi connectivity index (χ2n) is 9.23. The van der Waals surface area contributed by atoms with Gasteiger partial charge in [0, 0.05) is 25.8 Å². The lowest BCUT2D eigenvalue weighted by molar-refractivity contribution is -0.133. The molecule has 0 atom stereocenters. The molecule has 2 heterocycles. The first-order chi connectivity index (χ1) is 18.5. The predicted molar refractivity (Wildman–Crippen MR) is 142 cm³/mol. The number of carbonyl (C=O) groups excluding carboxylic acids is 2. The number of rotatable bonds is 10. The van der Waals surface area contributed by atoms with E-state index in [2.05, 4.69) is 0 Å². The van der Waals surface area contributed by atoms with Gasteiger partial charge in [-0.2, -0.15) is 0 Å². The molecule has 0 bridgehead atoms. The van der Waals surface area contributed by atoms with Gasteiger partial charge < -0.3 is 28.4 Å². The summed E-state index contributed by atoms with van der Waals surface area (Å²) >= 11 is 0. The summed E-state index contributed by atoms with van der Waals surface area (Å²) < 4.78 is 21.9. The first-order valence-corrected chi connectivity index (χ1v) is 12.5. The van der Waals surface area contributed by atoms with E-state index in [1.165, 1.54) is 4.90 Å². The monoisotopic (exact) mass is 514 g/mol. The molecule has 0 unspecified atom stereocenters. The number of fused-ring (bicyclic) bond motifs is 2. The molecule has 2 amide bonds. The van der Waals surface area contributed by atoms with E-state index in [9.17, 15) is 9.59 Å². The zero-order valence-electron chi connectivity index (χ0n) is 21.5. The van der Waals surface area contributed by atoms with Gasteiger partial charge in [0.05, 0.1) is 13.2 Å². The number of methoxy groups -OCH3 is 1. The van der Waals surface area contributed by atoms with Crippen LogP contribution in [0.25, 0.3) is 10.8 Å². The number of aryl methyl sites for hydroxylation is 1. The summed E-state index contributed by atoms with van der Waals surface area (Å²) in [6.45, 7) is 3.12. The van der Waals surface area contributed by atoms with Crippen molar-refractivity contribution >= 4 is 22.6 Å². The molecule has 0 radical (unpaired) electrons. The lowest BCUT2D eigenvalue weighted by atomic mass is 10.1. The summed E-state index contributed by atoms with van der Waals surface area (Å²) in [7, 11) is 1.58. The van der Waals surface area contributed by atoms with Crippen molar-refractivity contribution in [2.24, 2.45) is 0 Å². The van der Waals surface area contributed by atoms with Crippen molar-refractivity contribution < 1.29 is 28.2 Å². The van der Waals surface area contributed by atoms with E-state index in [0.717, 1.165) is 22.1 Å². The molecule has 4 aromatic rings. The van der Waals surface area contributed by atoms with Gasteiger partial charge in [-0.25, -0.2) is 0 Å². The first kappa shape index (κ1) is 25.4. The SMILES string of the molecule is COCCN(CC(=O)N(Cc1ccc2c(c1)OCO2)Cc1ccc(C)o1)C(=O)c1ccc2ccccc2c1. The van der Waals surface area contributed by atoms with Crippen molar-refractivity contribution in [2.45, 2.75) is 20.0 Å². The minimum Gasteiger partial charge on any atom is -0.464 e. The van der Waals surface area contributed by atoms with Crippen LogP contribution in [0.3, 0.4) is 0 Å². The maximum atomic E-state index is 13.7. The van der Waals surface area contributed by atoms with Crippen LogP contribution < -0.4 is 9.47 Å². The van der Waals surface area contributed by atoms with Gasteiger partial charge in [-0.3, -0.25) is 9.59 Å². The van der Waals surface area contributed by atoms with Gasteiger partial charge in [0.2, 0.25) is 12.7 Å². The van der Waals surface area contributed by atoms with Crippen molar-refractivity contribution in [2.75, 3.05) is 33.6 Å². The number of amides is 2. The zero-order chi connectivity index (χ0) is 26.5. The molecule has 0 saturated carbocycles. The lowest BCUT2D eigenvalue weighted by Crippen LogP contribution is -2.43. The van der Waals surface area contributed by atoms with Crippen molar-refractivity contribution in [1.29, 1.82) is 0 Å². The third kappa shape index (κ3) is 5.81. The fourth-order valence-electron chi connectivity index (χ4n) is 4.47. The molecule has 0 N–H and O–H groups in total. The summed E-state index contributed by atoms with van der Waals surface area (Å²) in [6.07, 6.45) is 0. The summed E-state index contributed by atoms with van der Waals surface area (Å²) in [5.74, 6) is 2.33. The van der Waals surface area contributed by atoms with Crippen LogP contribution in [0.1, 0.15) is 27.4 Å². The van der Waals surface area contributed by atoms with Crippen LogP contribution in [-0.4, -0.2) is 55.2 Å². The molecule has 38 heavy (non-hydrogen) atoms. The van der Waals surface area contributed by atoms with Gasteiger partial charge in [0.25, 0.3) is 5.91 Å². The van der Waals surface area contributed by atoms with Crippen LogP contribution >= 0.6 is 0 Å². The Labute approximate surface area is 221 Å². The molecule has 1 aliphatic rings. The van der Waals surface area contributed by atoms with Crippen LogP contribution in [0.15, 0.2) is 77.2 Å². The Balaban J connectivity index is 1.38. The number of hydrogen-bond acceptors (Lipinski definition) is 6. The summed E-state index contributed by atoms with van der Waals surface area (Å²) in [5, 5.41) is 2.02. The van der Waals surface area contributed by atoms with Crippen molar-refractivity contribution in [3.63, 3.8) is 0 Å². The molecule has 8 heteroatoms. The third-order valence-electron chi connectivity index (χ3n) is 6.48. The van der Waals surface area contributed by atoms with E-state index in [1.807, 2.05) is 73.7 Å². The Morgan fingerprint density at radius 2 is 1.68 bits per heavy atom. The summed E-state index contributed by atoms with van der Waals surface area (Å²) in [5.41, 5.74) is 1.41. The highest BCUT2D eigenvalue weighted by molar-refractivity contribution is 6.00. The third-order valence-corrected chi connectivity index (χ3v) is 6.48. The minimum absolute atomic E-state index is 0.0980. The largest absolute Gasteiger partial charge is 0.464 e. The normalized spacial score (nSPS) is 12.1. The highest BCUT2D eigenvalue weighted by Crippen LogP contribution is 2.33. The molecule has 0 fully saturated rings. The van der Waals surface area contributed by atoms with Crippen LogP contribution in [0, 0.1) is 6.92 Å². The second kappa shape index (κ2) is 11.4. The average Bonchev–Trinajstić information content (AvgIpc) is 3.58. The lowest BCUT2D eigenvalue weighted by Gasteiger charge is -2.27. The van der Waals surface area contributed by atoms with Gasteiger partial charge in [-0.05, 0) is 59.7 Å². The fraction of sp³-hybridized carbons (Fsp3) is 0.267. The number of ether oxygens (including phenoxy) is 3. The van der Waals surface area contributed by atoms with Gasteiger partial charge in [-0.1, -0.05) is 36.4 Å². The summed E-state index contributed by atoms with van der Waals surface area (Å²) in [4.78, 5) is 30.5. The molecular formula is C30H30N2O6. The van der Waals surface area contributed by atoms with Gasteiger partial charge in [0.1, 0.15) is 18.1 Å². The summed E-state index contributed by atoms with van der Waals surface area (Å²) in [6, 6.07) is 22.8. The zero-order valence-corrected chi connectivity index (χ0v) is 21.5. The maximum absolute atomic E-state index is 13.7. The molecule has 8 nitrogen and oxygen atoms in total. The molecule has 1 aromatic heterocycles. The van der Waals surface area contributed by atoms with Crippen molar-refractivity contribution in [3.8, 4) is 11.5 Å². The Morgan fingerprint density at radius 1 is 0.868 bits per heavy atom. The average molecular weight is 515 g/mol. The second-order valence-corrected chi connectivity index (χ2v) is 9.23. The fourth-order valence-corrected chi connectivity index (χ4v) is 4.47. The standard InChI is InChI=1S/C30H30N2O6/c1-21-7-11-26(38-21)18-32(17-22-8-12-27-28(15-22)37-20-36-27)29(33)19-31(13-14-35-2)30(34)25-10-9-23-5-3-4-6-24(23)16-25/h3-12,15-16H,13-14,17-20H2,1-2H3. The number of nitrogens with zero attached hydrogens (tertiary/aromatic N) is 2. The molecule has 3 aromatic carbocycles. The van der Waals surface area contributed by atoms with Gasteiger partial charge >= 0.3 is 0 Å². The van der Waals surface area contributed by atoms with E-state index < -0.39 is 0 Å². The van der Waals surface area contributed by atoms with Crippen molar-refractivity contribution in [1.82, 2.24) is 9.80 Å². The Morgan fingerprint density at radius 3 is 2.47 bits per heavy atom. The van der Waals surface area contributed by atoms with Gasteiger partial charge in [0.15, 0.2) is 11.5 Å². The smallest absolute Gasteiger partial charge is 0.254 e. The highest BCUT2D eigenvalue weighted by Gasteiger charge is 2.24. The molecule has 5 rings (SSSR count). The van der Waals surface area contributed by atoms with Crippen LogP contribution in [-0.2, 0) is 22.6 Å². The van der Waals surface area contributed by atoms with Crippen LogP contribution in [0.2, 0.25) is 0 Å². The Bertz CT molecular complexity index is 1450. The number of furan rings is 1. The Kier molecular flexibility index (Phi) is 7.60. The van der Waals surface area contributed by atoms with E-state index >= 15 is 0 Å². The van der Waals surface area contributed by atoms with Crippen molar-refractivity contribution in [3.05, 3.63) is 95.4 Å². The predicted octanol–water partition coefficient (Wildman–Crippen LogP) is 4.79. The molecule has 0 spiro atoms. The number of hydrogen-bond donors (Lipinski definition) is 0. The maximum Gasteiger partial charge on any atom is 0.254 e. The molecule has 0 saturated heterocycles. The Hall–Kier alpha value is -4.30. The highest BCUT2D eigenvalue weighted by atomic mass is 16.7. The molecule has 0 aliphatic carbocycles. The number of benzene rings is 3. The van der Waals surface area contributed by atoms with Gasteiger partial charge in [-0.15, -0.1) is 0 Å².